The van der Waals surface area contributed by atoms with Crippen LogP contribution in [0.4, 0.5) is 17.1 Å². The van der Waals surface area contributed by atoms with Gasteiger partial charge in [-0.2, -0.15) is 0 Å². The molecule has 1 nitrogen and oxygen atoms in total. The van der Waals surface area contributed by atoms with E-state index in [1.54, 1.807) is 0 Å². The van der Waals surface area contributed by atoms with Gasteiger partial charge in [0, 0.05) is 36.4 Å². The van der Waals surface area contributed by atoms with Crippen LogP contribution in [0, 0.1) is 0 Å². The molecular weight excluding hydrogens is 422 g/mol. The molecule has 0 N–H and O–H groups in total. The van der Waals surface area contributed by atoms with Gasteiger partial charge >= 0.3 is 0 Å². The molecule has 178 valence electrons. The fourth-order valence-corrected chi connectivity index (χ4v) is 5.05. The molecule has 1 atom stereocenters. The van der Waals surface area contributed by atoms with Gasteiger partial charge in [-0.3, -0.25) is 0 Å². The average Bonchev–Trinajstić information content (AvgIpc) is 2.94. The molecule has 35 heavy (non-hydrogen) atoms. The predicted octanol–water partition coefficient (Wildman–Crippen LogP) is 10.4. The van der Waals surface area contributed by atoms with E-state index in [-0.39, 0.29) is 0 Å². The lowest BCUT2D eigenvalue weighted by Gasteiger charge is -2.33. The van der Waals surface area contributed by atoms with Gasteiger partial charge < -0.3 is 0 Å². The molecule has 0 spiro atoms. The third kappa shape index (κ3) is 5.81. The van der Waals surface area contributed by atoms with Gasteiger partial charge in [-0.25, -0.2) is 4.48 Å². The summed E-state index contributed by atoms with van der Waals surface area (Å²) in [5, 5.41) is 0. The fraction of sp³-hybridized carbons (Fsp3) is 0.235. The Kier molecular flexibility index (Phi) is 8.70. The maximum absolute atomic E-state index is 2.35. The topological polar surface area (TPSA) is 0 Å². The lowest BCUT2D eigenvalue weighted by atomic mass is 9.89. The highest BCUT2D eigenvalue weighted by Crippen LogP contribution is 2.44. The van der Waals surface area contributed by atoms with Crippen molar-refractivity contribution in [3.63, 3.8) is 0 Å². The second-order valence-electron chi connectivity index (χ2n) is 9.34. The van der Waals surface area contributed by atoms with Crippen LogP contribution in [-0.2, 0) is 0 Å². The minimum atomic E-state index is 0.527. The van der Waals surface area contributed by atoms with E-state index >= 15 is 0 Å². The number of unbranched alkanes of at least 4 members (excludes halogenated alkanes) is 1. The zero-order valence-corrected chi connectivity index (χ0v) is 21.2. The van der Waals surface area contributed by atoms with Gasteiger partial charge in [-0.05, 0) is 36.0 Å². The second kappa shape index (κ2) is 12.3. The molecule has 0 aliphatic heterocycles. The van der Waals surface area contributed by atoms with Crippen LogP contribution in [0.25, 0.3) is 6.08 Å². The maximum Gasteiger partial charge on any atom is 0.147 e. The van der Waals surface area contributed by atoms with Crippen LogP contribution in [0.3, 0.4) is 0 Å². The van der Waals surface area contributed by atoms with E-state index in [1.807, 2.05) is 0 Å². The van der Waals surface area contributed by atoms with Crippen LogP contribution in [-0.4, -0.2) is 0 Å². The van der Waals surface area contributed by atoms with Gasteiger partial charge in [0.15, 0.2) is 0 Å². The van der Waals surface area contributed by atoms with E-state index in [0.717, 1.165) is 0 Å². The SMILES string of the molecule is CCCCC(CCC)c1ccc(C=C[N+](c2ccccc2)(c2ccccc2)c2ccccc2)cc1. The van der Waals surface area contributed by atoms with E-state index in [2.05, 4.69) is 141 Å². The summed E-state index contributed by atoms with van der Waals surface area (Å²) in [6, 6.07) is 41.6. The highest BCUT2D eigenvalue weighted by atomic mass is 15.4. The Bertz CT molecular complexity index is 1070. The van der Waals surface area contributed by atoms with Gasteiger partial charge in [0.2, 0.25) is 0 Å². The average molecular weight is 461 g/mol. The third-order valence-electron chi connectivity index (χ3n) is 6.93. The molecular formula is C34H38N+. The van der Waals surface area contributed by atoms with Gasteiger partial charge in [0.05, 0.1) is 0 Å². The van der Waals surface area contributed by atoms with Gasteiger partial charge in [-0.15, -0.1) is 0 Å². The normalized spacial score (nSPS) is 12.6. The highest BCUT2D eigenvalue weighted by molar-refractivity contribution is 5.75. The van der Waals surface area contributed by atoms with E-state index in [1.165, 1.54) is 60.3 Å². The maximum atomic E-state index is 2.35. The molecule has 0 saturated carbocycles. The van der Waals surface area contributed by atoms with Gasteiger partial charge in [0.25, 0.3) is 0 Å². The van der Waals surface area contributed by atoms with Crippen molar-refractivity contribution in [3.8, 4) is 0 Å². The van der Waals surface area contributed by atoms with E-state index in [9.17, 15) is 0 Å². The van der Waals surface area contributed by atoms with Crippen LogP contribution in [0.5, 0.6) is 0 Å². The van der Waals surface area contributed by atoms with Crippen molar-refractivity contribution < 1.29 is 0 Å². The van der Waals surface area contributed by atoms with Crippen LogP contribution >= 0.6 is 0 Å². The molecule has 0 fully saturated rings. The number of para-hydroxylation sites is 3. The Labute approximate surface area is 212 Å². The standard InChI is InChI=1S/C34H38N/c1-3-5-16-30(15-4-2)31-25-23-29(24-26-31)27-28-35(32-17-9-6-10-18-32,33-19-11-7-12-20-33)34-21-13-8-14-22-34/h6-14,17-28,30H,3-5,15-16H2,1-2H3/q+1. The molecule has 4 aromatic carbocycles. The first-order chi connectivity index (χ1) is 17.3. The molecule has 4 rings (SSSR count). The molecule has 0 aliphatic rings. The summed E-state index contributed by atoms with van der Waals surface area (Å²) in [7, 11) is 0. The summed E-state index contributed by atoms with van der Waals surface area (Å²) in [5.41, 5.74) is 6.33. The Hall–Kier alpha value is -3.42. The van der Waals surface area contributed by atoms with Crippen molar-refractivity contribution in [1.29, 1.82) is 0 Å². The largest absolute Gasteiger partial charge is 0.200 e. The molecule has 0 saturated heterocycles. The lowest BCUT2D eigenvalue weighted by Crippen LogP contribution is -2.32. The Morgan fingerprint density at radius 3 is 1.49 bits per heavy atom. The van der Waals surface area contributed by atoms with E-state index < -0.39 is 0 Å². The molecule has 1 unspecified atom stereocenters. The van der Waals surface area contributed by atoms with E-state index in [0.29, 0.717) is 10.4 Å². The lowest BCUT2D eigenvalue weighted by molar-refractivity contribution is 0.541. The van der Waals surface area contributed by atoms with Gasteiger partial charge in [-0.1, -0.05) is 112 Å². The molecule has 0 bridgehead atoms. The van der Waals surface area contributed by atoms with Crippen molar-refractivity contribution in [2.75, 3.05) is 0 Å². The molecule has 0 amide bonds. The first-order valence-electron chi connectivity index (χ1n) is 13.1. The Morgan fingerprint density at radius 2 is 1.06 bits per heavy atom. The zero-order chi connectivity index (χ0) is 24.3. The number of rotatable bonds is 11. The first-order valence-corrected chi connectivity index (χ1v) is 13.1. The summed E-state index contributed by atoms with van der Waals surface area (Å²) in [6.45, 7) is 4.58. The summed E-state index contributed by atoms with van der Waals surface area (Å²) in [5.74, 6) is 0.672. The van der Waals surface area contributed by atoms with Crippen LogP contribution in [0.2, 0.25) is 0 Å². The van der Waals surface area contributed by atoms with Crippen LogP contribution < -0.4 is 4.48 Å². The minimum Gasteiger partial charge on any atom is -0.200 e. The number of benzene rings is 4. The predicted molar refractivity (Wildman–Crippen MR) is 153 cm³/mol. The molecule has 0 heterocycles. The van der Waals surface area contributed by atoms with Crippen molar-refractivity contribution >= 4 is 23.1 Å². The molecule has 4 aromatic rings. The molecule has 0 aromatic heterocycles. The summed E-state index contributed by atoms with van der Waals surface area (Å²) < 4.78 is 0.527. The van der Waals surface area contributed by atoms with Crippen molar-refractivity contribution in [1.82, 2.24) is 4.48 Å². The number of quaternary nitrogens is 1. The zero-order valence-electron chi connectivity index (χ0n) is 21.2. The fourth-order valence-electron chi connectivity index (χ4n) is 5.05. The van der Waals surface area contributed by atoms with Gasteiger partial charge in [0.1, 0.15) is 23.3 Å². The number of hydrogen-bond donors (Lipinski definition) is 0. The smallest absolute Gasteiger partial charge is 0.147 e. The third-order valence-corrected chi connectivity index (χ3v) is 6.93. The van der Waals surface area contributed by atoms with Crippen molar-refractivity contribution in [2.45, 2.75) is 51.9 Å². The summed E-state index contributed by atoms with van der Waals surface area (Å²) >= 11 is 0. The summed E-state index contributed by atoms with van der Waals surface area (Å²) in [6.07, 6.45) is 11.0. The summed E-state index contributed by atoms with van der Waals surface area (Å²) in [4.78, 5) is 0. The van der Waals surface area contributed by atoms with Crippen LogP contribution in [0.1, 0.15) is 63.0 Å². The Balaban J connectivity index is 1.76. The monoisotopic (exact) mass is 460 g/mol. The van der Waals surface area contributed by atoms with E-state index in [4.69, 9.17) is 0 Å². The Morgan fingerprint density at radius 1 is 0.571 bits per heavy atom. The highest BCUT2D eigenvalue weighted by Gasteiger charge is 2.34. The van der Waals surface area contributed by atoms with Crippen molar-refractivity contribution in [2.24, 2.45) is 0 Å². The molecule has 0 aliphatic carbocycles. The van der Waals surface area contributed by atoms with Crippen LogP contribution in [0.15, 0.2) is 121 Å². The number of hydrogen-bond acceptors (Lipinski definition) is 0. The van der Waals surface area contributed by atoms with Crippen molar-refractivity contribution in [3.05, 3.63) is 133 Å². The first kappa shape index (κ1) is 24.7. The molecule has 0 radical (unpaired) electrons. The number of nitrogens with zero attached hydrogens (tertiary/aromatic N) is 1. The minimum absolute atomic E-state index is 0.527. The quantitative estimate of drug-likeness (QED) is 0.195. The molecule has 1 heteroatoms. The second-order valence-corrected chi connectivity index (χ2v) is 9.34.